The van der Waals surface area contributed by atoms with Crippen LogP contribution in [-0.2, 0) is 19.1 Å². The van der Waals surface area contributed by atoms with E-state index in [1.54, 1.807) is 45.0 Å². The maximum absolute atomic E-state index is 11.8. The molecule has 6 heteroatoms. The van der Waals surface area contributed by atoms with E-state index in [9.17, 15) is 14.4 Å². The van der Waals surface area contributed by atoms with E-state index in [0.29, 0.717) is 17.1 Å². The first-order valence-electron chi connectivity index (χ1n) is 9.21. The van der Waals surface area contributed by atoms with E-state index in [1.807, 2.05) is 24.3 Å². The van der Waals surface area contributed by atoms with Gasteiger partial charge in [0.1, 0.15) is 18.1 Å². The van der Waals surface area contributed by atoms with Crippen LogP contribution in [0.4, 0.5) is 0 Å². The molecule has 0 fully saturated rings. The summed E-state index contributed by atoms with van der Waals surface area (Å²) < 4.78 is 15.4. The van der Waals surface area contributed by atoms with Gasteiger partial charge in [0, 0.05) is 5.57 Å². The zero-order valence-corrected chi connectivity index (χ0v) is 16.8. The highest BCUT2D eigenvalue weighted by atomic mass is 16.6. The Kier molecular flexibility index (Phi) is 7.71. The smallest absolute Gasteiger partial charge is 0.338 e. The molecule has 0 radical (unpaired) electrons. The van der Waals surface area contributed by atoms with Crippen LogP contribution >= 0.6 is 0 Å². The minimum Gasteiger partial charge on any atom is -0.465 e. The van der Waals surface area contributed by atoms with Crippen LogP contribution in [0, 0.1) is 5.92 Å². The molecule has 0 spiro atoms. The molecule has 0 amide bonds. The first-order chi connectivity index (χ1) is 13.8. The summed E-state index contributed by atoms with van der Waals surface area (Å²) >= 11 is 0. The van der Waals surface area contributed by atoms with Crippen LogP contribution in [-0.4, -0.2) is 24.5 Å². The highest BCUT2D eigenvalue weighted by molar-refractivity contribution is 5.88. The summed E-state index contributed by atoms with van der Waals surface area (Å²) in [5, 5.41) is 0. The SMILES string of the molecule is C=C(C)C(=O)Oc1ccc(-c2ccc(OC(=O)CCOC(=O)C(C)C)cc2)cc1. The number of benzene rings is 2. The second-order valence-electron chi connectivity index (χ2n) is 6.76. The Labute approximate surface area is 170 Å². The average Bonchev–Trinajstić information content (AvgIpc) is 2.69. The molecule has 2 aromatic rings. The van der Waals surface area contributed by atoms with E-state index in [2.05, 4.69) is 6.58 Å². The summed E-state index contributed by atoms with van der Waals surface area (Å²) in [6.45, 7) is 8.58. The van der Waals surface area contributed by atoms with Crippen molar-refractivity contribution in [3.05, 3.63) is 60.7 Å². The van der Waals surface area contributed by atoms with Gasteiger partial charge in [-0.3, -0.25) is 9.59 Å². The van der Waals surface area contributed by atoms with Crippen molar-refractivity contribution in [1.29, 1.82) is 0 Å². The van der Waals surface area contributed by atoms with E-state index < -0.39 is 11.9 Å². The summed E-state index contributed by atoms with van der Waals surface area (Å²) in [4.78, 5) is 34.7. The molecule has 2 aromatic carbocycles. The minimum absolute atomic E-state index is 0.00374. The Hall–Kier alpha value is -3.41. The zero-order valence-electron chi connectivity index (χ0n) is 16.8. The van der Waals surface area contributed by atoms with E-state index in [0.717, 1.165) is 11.1 Å². The Morgan fingerprint density at radius 1 is 0.862 bits per heavy atom. The number of hydrogen-bond donors (Lipinski definition) is 0. The number of rotatable bonds is 8. The zero-order chi connectivity index (χ0) is 21.4. The summed E-state index contributed by atoms with van der Waals surface area (Å²) in [7, 11) is 0. The summed E-state index contributed by atoms with van der Waals surface area (Å²) in [6, 6.07) is 14.0. The summed E-state index contributed by atoms with van der Waals surface area (Å²) in [5.41, 5.74) is 2.16. The second-order valence-corrected chi connectivity index (χ2v) is 6.76. The summed E-state index contributed by atoms with van der Waals surface area (Å²) in [5.74, 6) is -0.680. The van der Waals surface area contributed by atoms with E-state index in [4.69, 9.17) is 14.2 Å². The Morgan fingerprint density at radius 2 is 1.34 bits per heavy atom. The molecule has 2 rings (SSSR count). The highest BCUT2D eigenvalue weighted by Gasteiger charge is 2.11. The third-order valence-electron chi connectivity index (χ3n) is 3.85. The number of carbonyl (C=O) groups is 3. The van der Waals surface area contributed by atoms with Crippen molar-refractivity contribution >= 4 is 17.9 Å². The van der Waals surface area contributed by atoms with Crippen molar-refractivity contribution < 1.29 is 28.6 Å². The van der Waals surface area contributed by atoms with Crippen molar-refractivity contribution in [3.8, 4) is 22.6 Å². The Balaban J connectivity index is 1.89. The third kappa shape index (κ3) is 6.92. The number of esters is 3. The highest BCUT2D eigenvalue weighted by Crippen LogP contribution is 2.25. The molecule has 0 atom stereocenters. The molecular weight excluding hydrogens is 372 g/mol. The van der Waals surface area contributed by atoms with Gasteiger partial charge in [0.25, 0.3) is 0 Å². The second kappa shape index (κ2) is 10.2. The molecular formula is C23H24O6. The average molecular weight is 396 g/mol. The van der Waals surface area contributed by atoms with Crippen molar-refractivity contribution in [3.63, 3.8) is 0 Å². The van der Waals surface area contributed by atoms with Crippen LogP contribution in [0.15, 0.2) is 60.7 Å². The molecule has 0 N–H and O–H groups in total. The van der Waals surface area contributed by atoms with Gasteiger partial charge in [-0.15, -0.1) is 0 Å². The van der Waals surface area contributed by atoms with Crippen LogP contribution in [0.1, 0.15) is 27.2 Å². The molecule has 152 valence electrons. The Morgan fingerprint density at radius 3 is 1.79 bits per heavy atom. The molecule has 0 aliphatic heterocycles. The molecule has 0 heterocycles. The molecule has 0 aliphatic rings. The fourth-order valence-electron chi connectivity index (χ4n) is 2.21. The number of ether oxygens (including phenoxy) is 3. The first kappa shape index (κ1) is 21.9. The maximum atomic E-state index is 11.8. The van der Waals surface area contributed by atoms with Gasteiger partial charge >= 0.3 is 17.9 Å². The van der Waals surface area contributed by atoms with Gasteiger partial charge in [-0.25, -0.2) is 4.79 Å². The van der Waals surface area contributed by atoms with Crippen LogP contribution in [0.5, 0.6) is 11.5 Å². The van der Waals surface area contributed by atoms with E-state index >= 15 is 0 Å². The topological polar surface area (TPSA) is 78.9 Å². The fraction of sp³-hybridized carbons (Fsp3) is 0.261. The van der Waals surface area contributed by atoms with Crippen molar-refractivity contribution in [2.45, 2.75) is 27.2 Å². The van der Waals surface area contributed by atoms with Gasteiger partial charge in [0.2, 0.25) is 0 Å². The monoisotopic (exact) mass is 396 g/mol. The van der Waals surface area contributed by atoms with Gasteiger partial charge in [0.05, 0.1) is 12.3 Å². The van der Waals surface area contributed by atoms with Gasteiger partial charge in [-0.05, 0) is 42.3 Å². The van der Waals surface area contributed by atoms with Crippen molar-refractivity contribution in [2.24, 2.45) is 5.92 Å². The third-order valence-corrected chi connectivity index (χ3v) is 3.85. The number of hydrogen-bond acceptors (Lipinski definition) is 6. The fourth-order valence-corrected chi connectivity index (χ4v) is 2.21. The normalized spacial score (nSPS) is 10.3. The molecule has 0 saturated carbocycles. The van der Waals surface area contributed by atoms with Gasteiger partial charge in [-0.2, -0.15) is 0 Å². The Bertz CT molecular complexity index is 879. The lowest BCUT2D eigenvalue weighted by atomic mass is 10.1. The first-order valence-corrected chi connectivity index (χ1v) is 9.21. The molecule has 0 aromatic heterocycles. The predicted molar refractivity (Wildman–Crippen MR) is 108 cm³/mol. The number of carbonyl (C=O) groups excluding carboxylic acids is 3. The van der Waals surface area contributed by atoms with E-state index in [-0.39, 0.29) is 24.9 Å². The largest absolute Gasteiger partial charge is 0.465 e. The molecule has 29 heavy (non-hydrogen) atoms. The van der Waals surface area contributed by atoms with Crippen LogP contribution < -0.4 is 9.47 Å². The minimum atomic E-state index is -0.474. The van der Waals surface area contributed by atoms with Crippen LogP contribution in [0.25, 0.3) is 11.1 Å². The lowest BCUT2D eigenvalue weighted by Crippen LogP contribution is -2.16. The van der Waals surface area contributed by atoms with Crippen molar-refractivity contribution in [1.82, 2.24) is 0 Å². The van der Waals surface area contributed by atoms with Crippen LogP contribution in [0.3, 0.4) is 0 Å². The van der Waals surface area contributed by atoms with Crippen LogP contribution in [0.2, 0.25) is 0 Å². The standard InChI is InChI=1S/C23H24O6/c1-15(2)22(25)27-14-13-21(24)28-19-9-5-17(6-10-19)18-7-11-20(12-8-18)29-23(26)16(3)4/h5-12,15H,3,13-14H2,1-2,4H3. The van der Waals surface area contributed by atoms with Gasteiger partial charge in [0.15, 0.2) is 0 Å². The van der Waals surface area contributed by atoms with Gasteiger partial charge in [-0.1, -0.05) is 44.7 Å². The van der Waals surface area contributed by atoms with Crippen molar-refractivity contribution in [2.75, 3.05) is 6.61 Å². The molecule has 0 bridgehead atoms. The maximum Gasteiger partial charge on any atom is 0.338 e. The lowest BCUT2D eigenvalue weighted by Gasteiger charge is -2.08. The summed E-state index contributed by atoms with van der Waals surface area (Å²) in [6.07, 6.45) is -0.00935. The van der Waals surface area contributed by atoms with E-state index in [1.165, 1.54) is 0 Å². The molecule has 6 nitrogen and oxygen atoms in total. The predicted octanol–water partition coefficient (Wildman–Crippen LogP) is 4.33. The molecule has 0 aliphatic carbocycles. The molecule has 0 saturated heterocycles. The quantitative estimate of drug-likeness (QED) is 0.375. The van der Waals surface area contributed by atoms with Gasteiger partial charge < -0.3 is 14.2 Å². The molecule has 0 unspecified atom stereocenters. The lowest BCUT2D eigenvalue weighted by molar-refractivity contribution is -0.149.